The highest BCUT2D eigenvalue weighted by atomic mass is 35.5. The predicted molar refractivity (Wildman–Crippen MR) is 115 cm³/mol. The van der Waals surface area contributed by atoms with Crippen molar-refractivity contribution in [3.05, 3.63) is 70.5 Å². The summed E-state index contributed by atoms with van der Waals surface area (Å²) in [6.07, 6.45) is 0.662. The zero-order valence-corrected chi connectivity index (χ0v) is 17.7. The summed E-state index contributed by atoms with van der Waals surface area (Å²) in [4.78, 5) is 12.2. The third-order valence-corrected chi connectivity index (χ3v) is 5.67. The Morgan fingerprint density at radius 2 is 1.79 bits per heavy atom. The van der Waals surface area contributed by atoms with Crippen molar-refractivity contribution in [2.45, 2.75) is 31.3 Å². The van der Waals surface area contributed by atoms with Gasteiger partial charge in [-0.15, -0.1) is 10.2 Å². The maximum Gasteiger partial charge on any atom is 0.234 e. The van der Waals surface area contributed by atoms with Crippen LogP contribution in [0.5, 0.6) is 0 Å². The summed E-state index contributed by atoms with van der Waals surface area (Å²) in [5.74, 6) is 1.52. The zero-order chi connectivity index (χ0) is 20.1. The van der Waals surface area contributed by atoms with Crippen LogP contribution in [0.25, 0.3) is 0 Å². The van der Waals surface area contributed by atoms with Gasteiger partial charge in [0.15, 0.2) is 5.16 Å². The molecule has 3 rings (SSSR count). The number of anilines is 1. The smallest absolute Gasteiger partial charge is 0.234 e. The van der Waals surface area contributed by atoms with E-state index < -0.39 is 0 Å². The number of thioether (sulfide) groups is 1. The van der Waals surface area contributed by atoms with Crippen molar-refractivity contribution in [2.24, 2.45) is 7.05 Å². The number of amides is 1. The third-order valence-electron chi connectivity index (χ3n) is 4.39. The van der Waals surface area contributed by atoms with Crippen LogP contribution in [0.4, 0.5) is 5.69 Å². The van der Waals surface area contributed by atoms with E-state index >= 15 is 0 Å². The normalized spacial score (nSPS) is 11.0. The second kappa shape index (κ2) is 9.26. The monoisotopic (exact) mass is 414 g/mol. The number of hydrogen-bond donors (Lipinski definition) is 1. The SMILES string of the molecule is CC(C)c1ccc(NC(=O)CSc2nnc(Cc3ccc(Cl)cc3)n2C)cc1. The first-order valence-corrected chi connectivity index (χ1v) is 10.4. The molecule has 0 fully saturated rings. The number of halogens is 1. The number of nitrogens with zero attached hydrogens (tertiary/aromatic N) is 3. The number of rotatable bonds is 7. The summed E-state index contributed by atoms with van der Waals surface area (Å²) in [7, 11) is 1.91. The molecule has 0 atom stereocenters. The minimum Gasteiger partial charge on any atom is -0.325 e. The van der Waals surface area contributed by atoms with Gasteiger partial charge in [-0.2, -0.15) is 0 Å². The standard InChI is InChI=1S/C21H23ClN4OS/c1-14(2)16-6-10-18(11-7-16)23-20(27)13-28-21-25-24-19(26(21)3)12-15-4-8-17(22)9-5-15/h4-11,14H,12-13H2,1-3H3,(H,23,27). The van der Waals surface area contributed by atoms with E-state index in [0.29, 0.717) is 22.5 Å². The lowest BCUT2D eigenvalue weighted by molar-refractivity contribution is -0.113. The Labute approximate surface area is 174 Å². The molecule has 0 saturated carbocycles. The van der Waals surface area contributed by atoms with Gasteiger partial charge in [-0.25, -0.2) is 0 Å². The van der Waals surface area contributed by atoms with Gasteiger partial charge in [-0.3, -0.25) is 4.79 Å². The van der Waals surface area contributed by atoms with Gasteiger partial charge >= 0.3 is 0 Å². The molecule has 1 heterocycles. The fourth-order valence-corrected chi connectivity index (χ4v) is 3.54. The first-order chi connectivity index (χ1) is 13.4. The van der Waals surface area contributed by atoms with Crippen molar-refractivity contribution in [1.82, 2.24) is 14.8 Å². The molecular weight excluding hydrogens is 392 g/mol. The lowest BCUT2D eigenvalue weighted by atomic mass is 10.0. The molecule has 0 radical (unpaired) electrons. The molecule has 3 aromatic rings. The molecule has 1 aromatic heterocycles. The molecule has 1 amide bonds. The van der Waals surface area contributed by atoms with E-state index in [9.17, 15) is 4.79 Å². The van der Waals surface area contributed by atoms with Crippen molar-refractivity contribution >= 4 is 35.0 Å². The zero-order valence-electron chi connectivity index (χ0n) is 16.1. The van der Waals surface area contributed by atoms with Crippen molar-refractivity contribution in [3.63, 3.8) is 0 Å². The average molecular weight is 415 g/mol. The summed E-state index contributed by atoms with van der Waals surface area (Å²) < 4.78 is 1.92. The summed E-state index contributed by atoms with van der Waals surface area (Å²) in [6, 6.07) is 15.6. The van der Waals surface area contributed by atoms with Gasteiger partial charge in [0.2, 0.25) is 5.91 Å². The Bertz CT molecular complexity index is 936. The Hall–Kier alpha value is -2.31. The van der Waals surface area contributed by atoms with E-state index in [4.69, 9.17) is 11.6 Å². The predicted octanol–water partition coefficient (Wildman–Crippen LogP) is 4.91. The lowest BCUT2D eigenvalue weighted by Crippen LogP contribution is -2.14. The van der Waals surface area contributed by atoms with Crippen molar-refractivity contribution in [1.29, 1.82) is 0 Å². The van der Waals surface area contributed by atoms with Crippen molar-refractivity contribution in [3.8, 4) is 0 Å². The van der Waals surface area contributed by atoms with E-state index in [2.05, 4.69) is 29.4 Å². The highest BCUT2D eigenvalue weighted by Gasteiger charge is 2.12. The maximum absolute atomic E-state index is 12.2. The summed E-state index contributed by atoms with van der Waals surface area (Å²) in [5, 5.41) is 12.8. The van der Waals surface area contributed by atoms with Crippen LogP contribution >= 0.6 is 23.4 Å². The molecule has 146 valence electrons. The van der Waals surface area contributed by atoms with Crippen LogP contribution in [0.15, 0.2) is 53.7 Å². The second-order valence-electron chi connectivity index (χ2n) is 6.87. The van der Waals surface area contributed by atoms with E-state index in [1.54, 1.807) is 0 Å². The quantitative estimate of drug-likeness (QED) is 0.558. The average Bonchev–Trinajstić information content (AvgIpc) is 3.02. The number of nitrogens with one attached hydrogen (secondary N) is 1. The molecule has 0 aliphatic rings. The molecule has 2 aromatic carbocycles. The van der Waals surface area contributed by atoms with Gasteiger partial charge < -0.3 is 9.88 Å². The molecule has 0 bridgehead atoms. The van der Waals surface area contributed by atoms with Crippen LogP contribution in [0, 0.1) is 0 Å². The van der Waals surface area contributed by atoms with Crippen LogP contribution < -0.4 is 5.32 Å². The van der Waals surface area contributed by atoms with Gasteiger partial charge in [0, 0.05) is 24.2 Å². The first-order valence-electron chi connectivity index (χ1n) is 9.07. The number of carbonyl (C=O) groups excluding carboxylic acids is 1. The molecule has 0 saturated heterocycles. The molecule has 0 unspecified atom stereocenters. The Morgan fingerprint density at radius 3 is 2.43 bits per heavy atom. The van der Waals surface area contributed by atoms with Gasteiger partial charge in [-0.05, 0) is 41.3 Å². The molecule has 0 aliphatic carbocycles. The molecule has 5 nitrogen and oxygen atoms in total. The first kappa shape index (κ1) is 20.4. The molecular formula is C21H23ClN4OS. The molecule has 1 N–H and O–H groups in total. The Balaban J connectivity index is 1.55. The summed E-state index contributed by atoms with van der Waals surface area (Å²) in [6.45, 7) is 4.29. The highest BCUT2D eigenvalue weighted by Crippen LogP contribution is 2.20. The van der Waals surface area contributed by atoms with E-state index in [1.807, 2.05) is 60.1 Å². The Kier molecular flexibility index (Phi) is 6.75. The fraction of sp³-hybridized carbons (Fsp3) is 0.286. The summed E-state index contributed by atoms with van der Waals surface area (Å²) >= 11 is 7.30. The van der Waals surface area contributed by atoms with Crippen LogP contribution in [0.2, 0.25) is 5.02 Å². The van der Waals surface area contributed by atoms with Gasteiger partial charge in [0.1, 0.15) is 5.82 Å². The van der Waals surface area contributed by atoms with Gasteiger partial charge in [-0.1, -0.05) is 61.5 Å². The lowest BCUT2D eigenvalue weighted by Gasteiger charge is -2.08. The largest absolute Gasteiger partial charge is 0.325 e. The molecule has 0 aliphatic heterocycles. The number of aromatic nitrogens is 3. The number of carbonyl (C=O) groups is 1. The Morgan fingerprint density at radius 1 is 1.11 bits per heavy atom. The van der Waals surface area contributed by atoms with Crippen LogP contribution in [0.1, 0.15) is 36.7 Å². The molecule has 0 spiro atoms. The molecule has 28 heavy (non-hydrogen) atoms. The van der Waals surface area contributed by atoms with Crippen LogP contribution in [-0.2, 0) is 18.3 Å². The fourth-order valence-electron chi connectivity index (χ4n) is 2.69. The van der Waals surface area contributed by atoms with E-state index in [0.717, 1.165) is 17.1 Å². The topological polar surface area (TPSA) is 59.8 Å². The summed E-state index contributed by atoms with van der Waals surface area (Å²) in [5.41, 5.74) is 3.16. The third kappa shape index (κ3) is 5.36. The number of benzene rings is 2. The van der Waals surface area contributed by atoms with E-state index in [1.165, 1.54) is 17.3 Å². The molecule has 7 heteroatoms. The van der Waals surface area contributed by atoms with Crippen LogP contribution in [0.3, 0.4) is 0 Å². The van der Waals surface area contributed by atoms with Crippen LogP contribution in [-0.4, -0.2) is 26.4 Å². The van der Waals surface area contributed by atoms with Crippen molar-refractivity contribution in [2.75, 3.05) is 11.1 Å². The number of hydrogen-bond acceptors (Lipinski definition) is 4. The van der Waals surface area contributed by atoms with Gasteiger partial charge in [0.25, 0.3) is 0 Å². The van der Waals surface area contributed by atoms with Gasteiger partial charge in [0.05, 0.1) is 5.75 Å². The highest BCUT2D eigenvalue weighted by molar-refractivity contribution is 7.99. The maximum atomic E-state index is 12.2. The second-order valence-corrected chi connectivity index (χ2v) is 8.25. The van der Waals surface area contributed by atoms with Crippen molar-refractivity contribution < 1.29 is 4.79 Å². The minimum atomic E-state index is -0.0652. The minimum absolute atomic E-state index is 0.0652. The van der Waals surface area contributed by atoms with E-state index in [-0.39, 0.29) is 11.7 Å².